The van der Waals surface area contributed by atoms with E-state index >= 15 is 0 Å². The van der Waals surface area contributed by atoms with Crippen molar-refractivity contribution in [3.05, 3.63) is 119 Å². The maximum Gasteiger partial charge on any atom is 0.0432 e. The first kappa shape index (κ1) is 52.7. The monoisotopic (exact) mass is 832 g/mol. The summed E-state index contributed by atoms with van der Waals surface area (Å²) >= 11 is 0. The highest BCUT2D eigenvalue weighted by atomic mass is 15.3. The Labute approximate surface area is 380 Å². The highest BCUT2D eigenvalue weighted by molar-refractivity contribution is 5.47. The number of allylic oxidation sites excluding steroid dienone is 6. The topological polar surface area (TPSA) is 21.9 Å². The van der Waals surface area contributed by atoms with Crippen LogP contribution in [0.15, 0.2) is 91.1 Å². The molecule has 4 fully saturated rings. The molecule has 1 N–H and O–H groups in total. The Bertz CT molecular complexity index is 1740. The molecule has 0 radical (unpaired) electrons. The first-order valence-corrected chi connectivity index (χ1v) is 25.5. The molecule has 5 aliphatic rings. The fourth-order valence-corrected chi connectivity index (χ4v) is 13.2. The molecule has 61 heavy (non-hydrogen) atoms. The summed E-state index contributed by atoms with van der Waals surface area (Å²) in [4.78, 5) is 0. The zero-order valence-electron chi connectivity index (χ0n) is 43.2. The Kier molecular flexibility index (Phi) is 19.7. The normalized spacial score (nSPS) is 30.3. The number of fused-ring (bicyclic) bond motifs is 2. The number of hydrogen-bond donors (Lipinski definition) is 1. The zero-order chi connectivity index (χ0) is 45.9. The maximum atomic E-state index is 4.48. The van der Waals surface area contributed by atoms with Crippen LogP contribution in [-0.4, -0.2) is 11.1 Å². The molecule has 2 aromatic carbocycles. The number of hydrogen-bond acceptors (Lipinski definition) is 1. The summed E-state index contributed by atoms with van der Waals surface area (Å²) in [5.41, 5.74) is 12.1. The molecule has 2 spiro atoms. The highest BCUT2D eigenvalue weighted by Gasteiger charge is 2.83. The Morgan fingerprint density at radius 1 is 0.852 bits per heavy atom. The minimum absolute atomic E-state index is 0.294. The Balaban J connectivity index is 0.000000247. The third-order valence-electron chi connectivity index (χ3n) is 16.7. The second-order valence-corrected chi connectivity index (χ2v) is 21.0. The molecular weight excluding hydrogens is 735 g/mol. The molecule has 7 rings (SSSR count). The van der Waals surface area contributed by atoms with Crippen molar-refractivity contribution in [2.24, 2.45) is 52.3 Å². The number of benzene rings is 2. The molecule has 1 nitrogen and oxygen atoms in total. The van der Waals surface area contributed by atoms with Gasteiger partial charge in [-0.1, -0.05) is 188 Å². The molecule has 3 saturated carbocycles. The SMILES string of the molecule is C=C(CC)C1CCC23NC24CCC2=CC(C)C=CC2(C)C4CCC13C.C=CCC(C)C(C)C(C)CC(C)C.CC.CC.Cc1ccc(CCc2ccccc2)c(C)c1C(C)C. The van der Waals surface area contributed by atoms with E-state index in [0.717, 1.165) is 61.2 Å². The molecule has 342 valence electrons. The molecule has 0 bridgehead atoms. The molecule has 2 aromatic rings. The summed E-state index contributed by atoms with van der Waals surface area (Å²) < 4.78 is 0. The van der Waals surface area contributed by atoms with Crippen molar-refractivity contribution in [3.63, 3.8) is 0 Å². The van der Waals surface area contributed by atoms with Crippen LogP contribution in [-0.2, 0) is 12.8 Å². The second kappa shape index (κ2) is 22.8. The van der Waals surface area contributed by atoms with Gasteiger partial charge in [-0.2, -0.15) is 0 Å². The molecule has 10 atom stereocenters. The van der Waals surface area contributed by atoms with Crippen molar-refractivity contribution >= 4 is 0 Å². The highest BCUT2D eigenvalue weighted by Crippen LogP contribution is 2.77. The van der Waals surface area contributed by atoms with E-state index in [1.807, 2.05) is 33.8 Å². The van der Waals surface area contributed by atoms with Gasteiger partial charge in [-0.25, -0.2) is 0 Å². The van der Waals surface area contributed by atoms with Crippen LogP contribution < -0.4 is 5.32 Å². The van der Waals surface area contributed by atoms with Crippen LogP contribution in [0.5, 0.6) is 0 Å². The summed E-state index contributed by atoms with van der Waals surface area (Å²) in [6.45, 7) is 46.9. The molecule has 1 saturated heterocycles. The first-order valence-electron chi connectivity index (χ1n) is 25.5. The van der Waals surface area contributed by atoms with Crippen molar-refractivity contribution < 1.29 is 0 Å². The fraction of sp³-hybridized carbons (Fsp3) is 0.667. The van der Waals surface area contributed by atoms with E-state index in [9.17, 15) is 0 Å². The Morgan fingerprint density at radius 3 is 2.10 bits per heavy atom. The van der Waals surface area contributed by atoms with E-state index in [1.54, 1.807) is 5.57 Å². The lowest BCUT2D eigenvalue weighted by atomic mass is 9.47. The minimum atomic E-state index is 0.294. The second-order valence-electron chi connectivity index (χ2n) is 21.0. The molecule has 10 unspecified atom stereocenters. The van der Waals surface area contributed by atoms with E-state index in [1.165, 1.54) is 78.3 Å². The lowest BCUT2D eigenvalue weighted by Gasteiger charge is -2.55. The predicted octanol–water partition coefficient (Wildman–Crippen LogP) is 17.6. The molecule has 1 heteroatoms. The van der Waals surface area contributed by atoms with Crippen molar-refractivity contribution in [1.29, 1.82) is 0 Å². The van der Waals surface area contributed by atoms with Crippen molar-refractivity contribution in [2.45, 2.75) is 205 Å². The van der Waals surface area contributed by atoms with E-state index < -0.39 is 0 Å². The van der Waals surface area contributed by atoms with E-state index in [-0.39, 0.29) is 0 Å². The van der Waals surface area contributed by atoms with Crippen LogP contribution in [0.4, 0.5) is 0 Å². The van der Waals surface area contributed by atoms with Crippen molar-refractivity contribution in [3.8, 4) is 0 Å². The lowest BCUT2D eigenvalue weighted by Crippen LogP contribution is -2.55. The largest absolute Gasteiger partial charge is 0.301 e. The van der Waals surface area contributed by atoms with Gasteiger partial charge in [0.25, 0.3) is 0 Å². The van der Waals surface area contributed by atoms with Gasteiger partial charge in [0, 0.05) is 16.5 Å². The minimum Gasteiger partial charge on any atom is -0.301 e. The Hall–Kier alpha value is -2.64. The number of nitrogens with one attached hydrogen (secondary N) is 1. The van der Waals surface area contributed by atoms with Crippen LogP contribution >= 0.6 is 0 Å². The summed E-state index contributed by atoms with van der Waals surface area (Å²) in [6, 6.07) is 15.3. The zero-order valence-corrected chi connectivity index (χ0v) is 43.2. The standard InChI is InChI=1S/C24H35N.C19H24.C13H26.2C2H6/c1-6-17(3)19-9-14-24-22(19,5)12-10-20-21(4)11-7-16(2)15-18(21)8-13-23(20,24)25-24;1-14(2)19-15(3)10-12-18(16(19)4)13-11-17-8-6-5-7-9-17;1-7-8-11(4)13(6)12(5)9-10(2)3;2*1-2/h7,11,15-16,19-20,25H,3,6,8-10,12-14H2,1-2,4-5H3;5-10,12,14H,11,13H2,1-4H3;7,10-13H,1,8-9H2,2-6H3;2*1-2H3. The van der Waals surface area contributed by atoms with Gasteiger partial charge >= 0.3 is 0 Å². The quantitative estimate of drug-likeness (QED) is 0.167. The molecule has 1 heterocycles. The summed E-state index contributed by atoms with van der Waals surface area (Å²) in [5, 5.41) is 4.24. The van der Waals surface area contributed by atoms with Gasteiger partial charge in [0.15, 0.2) is 0 Å². The van der Waals surface area contributed by atoms with Crippen LogP contribution in [0, 0.1) is 66.1 Å². The van der Waals surface area contributed by atoms with Crippen LogP contribution in [0.3, 0.4) is 0 Å². The third-order valence-corrected chi connectivity index (χ3v) is 16.7. The number of rotatable bonds is 12. The van der Waals surface area contributed by atoms with Crippen LogP contribution in [0.25, 0.3) is 0 Å². The van der Waals surface area contributed by atoms with Gasteiger partial charge in [-0.3, -0.25) is 0 Å². The summed E-state index contributed by atoms with van der Waals surface area (Å²) in [6.07, 6.45) is 23.7. The van der Waals surface area contributed by atoms with Gasteiger partial charge in [0.2, 0.25) is 0 Å². The third kappa shape index (κ3) is 11.0. The van der Waals surface area contributed by atoms with Crippen molar-refractivity contribution in [2.75, 3.05) is 0 Å². The first-order chi connectivity index (χ1) is 28.9. The van der Waals surface area contributed by atoms with Crippen LogP contribution in [0.1, 0.15) is 195 Å². The Morgan fingerprint density at radius 2 is 1.51 bits per heavy atom. The molecule has 0 amide bonds. The smallest absolute Gasteiger partial charge is 0.0432 e. The van der Waals surface area contributed by atoms with Gasteiger partial charge < -0.3 is 5.32 Å². The van der Waals surface area contributed by atoms with Gasteiger partial charge in [-0.05, 0) is 165 Å². The van der Waals surface area contributed by atoms with E-state index in [0.29, 0.717) is 33.7 Å². The van der Waals surface area contributed by atoms with E-state index in [4.69, 9.17) is 0 Å². The van der Waals surface area contributed by atoms with Crippen molar-refractivity contribution in [1.82, 2.24) is 5.32 Å². The van der Waals surface area contributed by atoms with E-state index in [2.05, 4.69) is 169 Å². The summed E-state index contributed by atoms with van der Waals surface area (Å²) in [7, 11) is 0. The molecular formula is C60H97N. The van der Waals surface area contributed by atoms with Gasteiger partial charge in [-0.15, -0.1) is 6.58 Å². The summed E-state index contributed by atoms with van der Waals surface area (Å²) in [5.74, 6) is 6.02. The number of aryl methyl sites for hydroxylation is 3. The average molecular weight is 832 g/mol. The maximum absolute atomic E-state index is 4.48. The predicted molar refractivity (Wildman–Crippen MR) is 274 cm³/mol. The molecule has 1 aliphatic heterocycles. The molecule has 4 aliphatic carbocycles. The van der Waals surface area contributed by atoms with Gasteiger partial charge in [0.1, 0.15) is 0 Å². The fourth-order valence-electron chi connectivity index (χ4n) is 13.2. The molecule has 0 aromatic heterocycles. The average Bonchev–Trinajstić information content (AvgIpc) is 3.82. The van der Waals surface area contributed by atoms with Gasteiger partial charge in [0.05, 0.1) is 0 Å². The van der Waals surface area contributed by atoms with Crippen LogP contribution in [0.2, 0.25) is 0 Å². The lowest BCUT2D eigenvalue weighted by molar-refractivity contribution is 0.0473.